The van der Waals surface area contributed by atoms with Crippen LogP contribution in [0.4, 0.5) is 5.82 Å². The molecule has 96 valence electrons. The molecule has 0 bridgehead atoms. The van der Waals surface area contributed by atoms with Crippen molar-refractivity contribution in [1.29, 1.82) is 0 Å². The molecule has 1 unspecified atom stereocenters. The van der Waals surface area contributed by atoms with E-state index in [0.717, 1.165) is 12.0 Å². The van der Waals surface area contributed by atoms with Crippen LogP contribution in [0.1, 0.15) is 45.7 Å². The normalized spacial score (nSPS) is 13.5. The van der Waals surface area contributed by atoms with Crippen molar-refractivity contribution in [3.05, 3.63) is 11.8 Å². The van der Waals surface area contributed by atoms with Crippen LogP contribution in [0.25, 0.3) is 0 Å². The third-order valence-corrected chi connectivity index (χ3v) is 3.07. The quantitative estimate of drug-likeness (QED) is 0.837. The smallest absolute Gasteiger partial charge is 0.244 e. The summed E-state index contributed by atoms with van der Waals surface area (Å²) in [5.74, 6) is 0.429. The van der Waals surface area contributed by atoms with Gasteiger partial charge in [-0.2, -0.15) is 5.10 Å². The summed E-state index contributed by atoms with van der Waals surface area (Å²) in [6, 6.07) is -0.350. The van der Waals surface area contributed by atoms with Crippen molar-refractivity contribution in [1.82, 2.24) is 15.1 Å². The van der Waals surface area contributed by atoms with Crippen LogP contribution in [-0.4, -0.2) is 21.2 Å². The molecule has 0 aliphatic carbocycles. The molecule has 1 amide bonds. The molecule has 17 heavy (non-hydrogen) atoms. The van der Waals surface area contributed by atoms with Gasteiger partial charge < -0.3 is 11.1 Å². The molecule has 5 heteroatoms. The summed E-state index contributed by atoms with van der Waals surface area (Å²) in [6.45, 7) is 9.73. The molecule has 3 N–H and O–H groups in total. The average molecular weight is 238 g/mol. The standard InChI is InChI=1S/C12H22N4O/c1-6-12(4,5)14-11(17)9(3)16-7-8(2)10(13)15-16/h7,9H,6H2,1-5H3,(H2,13,15)(H,14,17). The summed E-state index contributed by atoms with van der Waals surface area (Å²) in [6.07, 6.45) is 2.67. The highest BCUT2D eigenvalue weighted by molar-refractivity contribution is 5.80. The maximum atomic E-state index is 12.0. The summed E-state index contributed by atoms with van der Waals surface area (Å²) >= 11 is 0. The lowest BCUT2D eigenvalue weighted by atomic mass is 10.0. The Morgan fingerprint density at radius 1 is 1.65 bits per heavy atom. The Bertz CT molecular complexity index is 389. The number of nitrogens with zero attached hydrogens (tertiary/aromatic N) is 2. The van der Waals surface area contributed by atoms with E-state index in [9.17, 15) is 4.79 Å². The fourth-order valence-electron chi connectivity index (χ4n) is 1.34. The van der Waals surface area contributed by atoms with E-state index in [4.69, 9.17) is 5.73 Å². The van der Waals surface area contributed by atoms with Gasteiger partial charge in [-0.25, -0.2) is 0 Å². The third kappa shape index (κ3) is 3.22. The maximum Gasteiger partial charge on any atom is 0.244 e. The van der Waals surface area contributed by atoms with Crippen LogP contribution in [0.2, 0.25) is 0 Å². The summed E-state index contributed by atoms with van der Waals surface area (Å²) in [5.41, 5.74) is 6.36. The van der Waals surface area contributed by atoms with Crippen molar-refractivity contribution < 1.29 is 4.79 Å². The van der Waals surface area contributed by atoms with Crippen LogP contribution in [0, 0.1) is 6.92 Å². The van der Waals surface area contributed by atoms with Crippen molar-refractivity contribution in [2.24, 2.45) is 0 Å². The van der Waals surface area contributed by atoms with Gasteiger partial charge in [-0.1, -0.05) is 6.92 Å². The van der Waals surface area contributed by atoms with Gasteiger partial charge >= 0.3 is 0 Å². The number of nitrogen functional groups attached to an aromatic ring is 1. The minimum atomic E-state index is -0.350. The van der Waals surface area contributed by atoms with E-state index in [1.54, 1.807) is 10.9 Å². The van der Waals surface area contributed by atoms with Gasteiger partial charge in [0.2, 0.25) is 5.91 Å². The number of carbonyl (C=O) groups excluding carboxylic acids is 1. The van der Waals surface area contributed by atoms with Crippen molar-refractivity contribution in [2.75, 3.05) is 5.73 Å². The van der Waals surface area contributed by atoms with E-state index in [2.05, 4.69) is 10.4 Å². The average Bonchev–Trinajstić information content (AvgIpc) is 2.57. The number of carbonyl (C=O) groups is 1. The van der Waals surface area contributed by atoms with Crippen LogP contribution in [0.3, 0.4) is 0 Å². The predicted molar refractivity (Wildman–Crippen MR) is 68.6 cm³/mol. The highest BCUT2D eigenvalue weighted by Gasteiger charge is 2.23. The molecular formula is C12H22N4O. The zero-order valence-electron chi connectivity index (χ0n) is 11.2. The summed E-state index contributed by atoms with van der Waals surface area (Å²) in [4.78, 5) is 12.0. The van der Waals surface area contributed by atoms with E-state index in [1.807, 2.05) is 34.6 Å². The Kier molecular flexibility index (Phi) is 3.80. The van der Waals surface area contributed by atoms with Gasteiger partial charge in [0.15, 0.2) is 0 Å². The zero-order valence-corrected chi connectivity index (χ0v) is 11.2. The molecule has 0 radical (unpaired) electrons. The number of nitrogens with two attached hydrogens (primary N) is 1. The Balaban J connectivity index is 2.77. The maximum absolute atomic E-state index is 12.0. The van der Waals surface area contributed by atoms with E-state index in [-0.39, 0.29) is 17.5 Å². The molecule has 1 aromatic rings. The lowest BCUT2D eigenvalue weighted by molar-refractivity contribution is -0.125. The first-order valence-corrected chi connectivity index (χ1v) is 5.90. The molecule has 1 atom stereocenters. The van der Waals surface area contributed by atoms with Gasteiger partial charge in [-0.05, 0) is 34.1 Å². The molecule has 0 fully saturated rings. The number of aryl methyl sites for hydroxylation is 1. The Morgan fingerprint density at radius 2 is 2.24 bits per heavy atom. The molecule has 0 aliphatic rings. The summed E-state index contributed by atoms with van der Waals surface area (Å²) < 4.78 is 1.60. The van der Waals surface area contributed by atoms with Crippen molar-refractivity contribution in [2.45, 2.75) is 52.6 Å². The van der Waals surface area contributed by atoms with Crippen molar-refractivity contribution in [3.8, 4) is 0 Å². The molecule has 0 saturated heterocycles. The minimum absolute atomic E-state index is 0.0423. The van der Waals surface area contributed by atoms with Crippen LogP contribution in [-0.2, 0) is 4.79 Å². The van der Waals surface area contributed by atoms with Crippen LogP contribution in [0.15, 0.2) is 6.20 Å². The second kappa shape index (κ2) is 4.77. The number of hydrogen-bond donors (Lipinski definition) is 2. The number of rotatable bonds is 4. The monoisotopic (exact) mass is 238 g/mol. The fraction of sp³-hybridized carbons (Fsp3) is 0.667. The highest BCUT2D eigenvalue weighted by atomic mass is 16.2. The van der Waals surface area contributed by atoms with Gasteiger partial charge in [0.05, 0.1) is 0 Å². The molecule has 1 heterocycles. The second-order valence-corrected chi connectivity index (χ2v) is 5.08. The molecule has 1 aromatic heterocycles. The van der Waals surface area contributed by atoms with Gasteiger partial charge in [-0.15, -0.1) is 0 Å². The van der Waals surface area contributed by atoms with Crippen LogP contribution >= 0.6 is 0 Å². The topological polar surface area (TPSA) is 72.9 Å². The largest absolute Gasteiger partial charge is 0.382 e. The Labute approximate surface area is 102 Å². The predicted octanol–water partition coefficient (Wildman–Crippen LogP) is 1.64. The lowest BCUT2D eigenvalue weighted by Crippen LogP contribution is -2.45. The van der Waals surface area contributed by atoms with Gasteiger partial charge in [0.25, 0.3) is 0 Å². The molecular weight excluding hydrogens is 216 g/mol. The Morgan fingerprint density at radius 3 is 2.65 bits per heavy atom. The fourth-order valence-corrected chi connectivity index (χ4v) is 1.34. The number of anilines is 1. The molecule has 5 nitrogen and oxygen atoms in total. The zero-order chi connectivity index (χ0) is 13.2. The summed E-state index contributed by atoms with van der Waals surface area (Å²) in [5, 5.41) is 7.11. The minimum Gasteiger partial charge on any atom is -0.382 e. The van der Waals surface area contributed by atoms with Gasteiger partial charge in [-0.3, -0.25) is 9.48 Å². The van der Waals surface area contributed by atoms with Crippen LogP contribution < -0.4 is 11.1 Å². The van der Waals surface area contributed by atoms with E-state index in [0.29, 0.717) is 5.82 Å². The van der Waals surface area contributed by atoms with Crippen molar-refractivity contribution >= 4 is 11.7 Å². The van der Waals surface area contributed by atoms with Gasteiger partial charge in [0, 0.05) is 17.3 Å². The molecule has 0 aliphatic heterocycles. The highest BCUT2D eigenvalue weighted by Crippen LogP contribution is 2.14. The van der Waals surface area contributed by atoms with Crippen LogP contribution in [0.5, 0.6) is 0 Å². The summed E-state index contributed by atoms with van der Waals surface area (Å²) in [7, 11) is 0. The Hall–Kier alpha value is -1.52. The first-order valence-electron chi connectivity index (χ1n) is 5.90. The van der Waals surface area contributed by atoms with E-state index < -0.39 is 0 Å². The van der Waals surface area contributed by atoms with E-state index in [1.165, 1.54) is 0 Å². The number of aromatic nitrogens is 2. The van der Waals surface area contributed by atoms with Crippen molar-refractivity contribution in [3.63, 3.8) is 0 Å². The second-order valence-electron chi connectivity index (χ2n) is 5.08. The first kappa shape index (κ1) is 13.5. The molecule has 0 spiro atoms. The third-order valence-electron chi connectivity index (χ3n) is 3.07. The number of hydrogen-bond acceptors (Lipinski definition) is 3. The lowest BCUT2D eigenvalue weighted by Gasteiger charge is -2.26. The molecule has 1 rings (SSSR count). The molecule has 0 saturated carbocycles. The SMILES string of the molecule is CCC(C)(C)NC(=O)C(C)n1cc(C)c(N)n1. The first-order chi connectivity index (χ1) is 7.76. The molecule has 0 aromatic carbocycles. The number of nitrogens with one attached hydrogen (secondary N) is 1. The number of amides is 1. The van der Waals surface area contributed by atoms with Gasteiger partial charge in [0.1, 0.15) is 11.9 Å². The van der Waals surface area contributed by atoms with E-state index >= 15 is 0 Å².